The van der Waals surface area contributed by atoms with Crippen LogP contribution >= 0.6 is 11.3 Å². The molecule has 3 aromatic rings. The van der Waals surface area contributed by atoms with Gasteiger partial charge < -0.3 is 58.0 Å². The maximum atomic E-state index is 13.5. The molecule has 2 aromatic carbocycles. The number of thiophene rings is 1. The minimum atomic E-state index is -1.47. The summed E-state index contributed by atoms with van der Waals surface area (Å²) >= 11 is 1.46. The number of phenolic OH excluding ortho intramolecular Hbond substituents is 1. The van der Waals surface area contributed by atoms with E-state index in [1.54, 1.807) is 18.2 Å². The van der Waals surface area contributed by atoms with Gasteiger partial charge in [-0.2, -0.15) is 0 Å². The highest BCUT2D eigenvalue weighted by molar-refractivity contribution is 7.10. The summed E-state index contributed by atoms with van der Waals surface area (Å²) in [4.78, 5) is 14.3. The van der Waals surface area contributed by atoms with Crippen LogP contribution in [-0.4, -0.2) is 86.2 Å². The Hall–Kier alpha value is -3.63. The van der Waals surface area contributed by atoms with Gasteiger partial charge in [-0.25, -0.2) is 0 Å². The van der Waals surface area contributed by atoms with Crippen molar-refractivity contribution in [3.05, 3.63) is 63.3 Å². The molecule has 4 aliphatic heterocycles. The third kappa shape index (κ3) is 4.70. The summed E-state index contributed by atoms with van der Waals surface area (Å²) in [5, 5.41) is 35.0. The quantitative estimate of drug-likeness (QED) is 0.333. The number of cyclic esters (lactones) is 1. The average Bonchev–Trinajstić information content (AvgIpc) is 3.85. The number of aromatic hydroxyl groups is 1. The van der Waals surface area contributed by atoms with Gasteiger partial charge in [-0.15, -0.1) is 11.3 Å². The van der Waals surface area contributed by atoms with Crippen molar-refractivity contribution in [2.75, 3.05) is 34.2 Å². The monoisotopic (exact) mass is 656 g/mol. The van der Waals surface area contributed by atoms with Gasteiger partial charge in [0.05, 0.1) is 44.3 Å². The molecule has 3 fully saturated rings. The van der Waals surface area contributed by atoms with E-state index in [9.17, 15) is 20.1 Å². The Morgan fingerprint density at radius 1 is 0.913 bits per heavy atom. The van der Waals surface area contributed by atoms with E-state index in [2.05, 4.69) is 0 Å². The zero-order chi connectivity index (χ0) is 31.7. The smallest absolute Gasteiger partial charge is 0.310 e. The minimum absolute atomic E-state index is 0.0242. The highest BCUT2D eigenvalue weighted by Crippen LogP contribution is 2.57. The summed E-state index contributed by atoms with van der Waals surface area (Å²) < 4.78 is 52.6. The maximum Gasteiger partial charge on any atom is 0.310 e. The molecular formula is C32H32O13S. The molecule has 10 atom stereocenters. The lowest BCUT2D eigenvalue weighted by Gasteiger charge is -2.48. The molecule has 244 valence electrons. The van der Waals surface area contributed by atoms with E-state index < -0.39 is 66.8 Å². The van der Waals surface area contributed by atoms with Crippen molar-refractivity contribution in [2.45, 2.75) is 49.0 Å². The Morgan fingerprint density at radius 2 is 1.65 bits per heavy atom. The van der Waals surface area contributed by atoms with Crippen LogP contribution in [0.2, 0.25) is 0 Å². The fourth-order valence-electron chi connectivity index (χ4n) is 7.18. The Labute approximate surface area is 267 Å². The van der Waals surface area contributed by atoms with E-state index >= 15 is 0 Å². The lowest BCUT2D eigenvalue weighted by molar-refractivity contribution is -0.368. The molecule has 0 amide bonds. The van der Waals surface area contributed by atoms with Crippen LogP contribution in [-0.2, 0) is 28.5 Å². The number of phenols is 1. The zero-order valence-corrected chi connectivity index (χ0v) is 25.6. The van der Waals surface area contributed by atoms with Crippen LogP contribution in [0.5, 0.6) is 28.7 Å². The maximum absolute atomic E-state index is 13.5. The summed E-state index contributed by atoms with van der Waals surface area (Å²) in [6.07, 6.45) is -7.16. The van der Waals surface area contributed by atoms with Crippen molar-refractivity contribution in [1.29, 1.82) is 0 Å². The number of hydrogen-bond acceptors (Lipinski definition) is 14. The van der Waals surface area contributed by atoms with Crippen LogP contribution in [0.4, 0.5) is 0 Å². The summed E-state index contributed by atoms with van der Waals surface area (Å²) in [5.41, 5.74) is 2.00. The molecule has 8 rings (SSSR count). The van der Waals surface area contributed by atoms with Gasteiger partial charge in [0.25, 0.3) is 0 Å². The normalized spacial score (nSPS) is 34.3. The number of benzene rings is 2. The number of aliphatic hydroxyl groups excluding tert-OH is 2. The topological polar surface area (TPSA) is 161 Å². The molecule has 0 unspecified atom stereocenters. The molecule has 14 heteroatoms. The third-order valence-electron chi connectivity index (χ3n) is 9.37. The van der Waals surface area contributed by atoms with Gasteiger partial charge in [0.1, 0.15) is 24.4 Å². The number of methoxy groups -OCH3 is 2. The highest BCUT2D eigenvalue weighted by Gasteiger charge is 2.56. The van der Waals surface area contributed by atoms with Crippen LogP contribution in [0.15, 0.2) is 41.8 Å². The van der Waals surface area contributed by atoms with Crippen molar-refractivity contribution in [3.8, 4) is 28.7 Å². The largest absolute Gasteiger partial charge is 0.502 e. The van der Waals surface area contributed by atoms with Gasteiger partial charge in [-0.3, -0.25) is 4.79 Å². The fraction of sp³-hybridized carbons (Fsp3) is 0.469. The predicted octanol–water partition coefficient (Wildman–Crippen LogP) is 2.75. The van der Waals surface area contributed by atoms with E-state index in [-0.39, 0.29) is 37.3 Å². The Balaban J connectivity index is 1.16. The Kier molecular flexibility index (Phi) is 7.48. The molecule has 1 aromatic heterocycles. The third-order valence-corrected chi connectivity index (χ3v) is 10.3. The first kappa shape index (κ1) is 29.8. The Morgan fingerprint density at radius 3 is 2.35 bits per heavy atom. The number of carbonyl (C=O) groups is 1. The zero-order valence-electron chi connectivity index (χ0n) is 24.8. The van der Waals surface area contributed by atoms with Gasteiger partial charge in [0.15, 0.2) is 35.6 Å². The molecule has 0 radical (unpaired) electrons. The van der Waals surface area contributed by atoms with Gasteiger partial charge >= 0.3 is 5.97 Å². The van der Waals surface area contributed by atoms with Crippen LogP contribution in [0.25, 0.3) is 0 Å². The molecule has 0 bridgehead atoms. The molecule has 0 spiro atoms. The molecule has 13 nitrogen and oxygen atoms in total. The SMILES string of the molecule is COc1cc([C@H]2c3cc4c(cc3[C@@H](O[C@@H]3O[C@@H]5CO[C@@H](c6cccs6)O[C@H]5[C@H](O)[C@H]3O)[C@H]3COC(=O)[C@H]23)OCO4)cc(OC)c1O. The summed E-state index contributed by atoms with van der Waals surface area (Å²) in [7, 11) is 2.86. The second-order valence-electron chi connectivity index (χ2n) is 11.8. The first-order chi connectivity index (χ1) is 22.4. The van der Waals surface area contributed by atoms with Crippen molar-refractivity contribution >= 4 is 17.3 Å². The van der Waals surface area contributed by atoms with E-state index in [1.807, 2.05) is 23.6 Å². The van der Waals surface area contributed by atoms with Crippen molar-refractivity contribution < 1.29 is 62.7 Å². The number of carbonyl (C=O) groups excluding carboxylic acids is 1. The first-order valence-electron chi connectivity index (χ1n) is 14.9. The van der Waals surface area contributed by atoms with Crippen molar-refractivity contribution in [2.24, 2.45) is 11.8 Å². The minimum Gasteiger partial charge on any atom is -0.502 e. The second kappa shape index (κ2) is 11.6. The van der Waals surface area contributed by atoms with Crippen molar-refractivity contribution in [1.82, 2.24) is 0 Å². The highest BCUT2D eigenvalue weighted by atomic mass is 32.1. The van der Waals surface area contributed by atoms with E-state index in [0.717, 1.165) is 4.88 Å². The van der Waals surface area contributed by atoms with E-state index in [1.165, 1.54) is 25.6 Å². The number of ether oxygens (including phenoxy) is 9. The van der Waals surface area contributed by atoms with E-state index in [0.29, 0.717) is 28.2 Å². The molecule has 46 heavy (non-hydrogen) atoms. The molecule has 3 N–H and O–H groups in total. The van der Waals surface area contributed by atoms with Crippen LogP contribution in [0.3, 0.4) is 0 Å². The molecule has 5 aliphatic rings. The lowest BCUT2D eigenvalue weighted by Crippen LogP contribution is -2.62. The average molecular weight is 657 g/mol. The summed E-state index contributed by atoms with van der Waals surface area (Å²) in [6.45, 7) is 0.171. The van der Waals surface area contributed by atoms with Gasteiger partial charge in [-0.05, 0) is 52.4 Å². The number of fused-ring (bicyclic) bond motifs is 4. The molecular weight excluding hydrogens is 624 g/mol. The standard InChI is InChI=1S/C32H32O13S/c1-37-19-6-13(7-20(38-2)25(19)33)23-14-8-17-18(42-12-41-17)9-15(14)28(16-10-39-30(36)24(16)23)44-32-27(35)26(34)29-21(43-32)11-40-31(45-29)22-4-3-5-46-22/h3-9,16,21,23-24,26-29,31-35H,10-12H2,1-2H3/t16-,21+,23-,24-,26+,27+,28+,29+,31+,32-/m0/s1. The number of esters is 1. The molecule has 3 saturated heterocycles. The number of hydrogen-bond donors (Lipinski definition) is 3. The lowest BCUT2D eigenvalue weighted by atomic mass is 9.66. The summed E-state index contributed by atoms with van der Waals surface area (Å²) in [5.74, 6) is -1.08. The van der Waals surface area contributed by atoms with Gasteiger partial charge in [-0.1, -0.05) is 6.07 Å². The number of rotatable bonds is 6. The van der Waals surface area contributed by atoms with Crippen molar-refractivity contribution in [3.63, 3.8) is 0 Å². The van der Waals surface area contributed by atoms with Crippen LogP contribution in [0.1, 0.15) is 39.9 Å². The molecule has 1 aliphatic carbocycles. The molecule has 5 heterocycles. The van der Waals surface area contributed by atoms with E-state index in [4.69, 9.17) is 42.6 Å². The summed E-state index contributed by atoms with van der Waals surface area (Å²) in [6, 6.07) is 10.7. The van der Waals surface area contributed by atoms with Crippen LogP contribution in [0, 0.1) is 11.8 Å². The first-order valence-corrected chi connectivity index (χ1v) is 15.8. The van der Waals surface area contributed by atoms with Gasteiger partial charge in [0, 0.05) is 11.8 Å². The fourth-order valence-corrected chi connectivity index (χ4v) is 7.89. The number of aliphatic hydroxyl groups is 2. The van der Waals surface area contributed by atoms with Crippen LogP contribution < -0.4 is 18.9 Å². The Bertz CT molecular complexity index is 1600. The molecule has 0 saturated carbocycles. The predicted molar refractivity (Wildman–Crippen MR) is 156 cm³/mol. The second-order valence-corrected chi connectivity index (χ2v) is 12.7. The van der Waals surface area contributed by atoms with Gasteiger partial charge in [0.2, 0.25) is 12.5 Å².